The molecule has 1 aliphatic heterocycles. The molecule has 0 aromatic heterocycles. The van der Waals surface area contributed by atoms with Gasteiger partial charge in [-0.1, -0.05) is 19.3 Å². The quantitative estimate of drug-likeness (QED) is 0.401. The van der Waals surface area contributed by atoms with E-state index in [9.17, 15) is 9.59 Å². The van der Waals surface area contributed by atoms with Gasteiger partial charge >= 0.3 is 5.97 Å². The van der Waals surface area contributed by atoms with Crippen LogP contribution in [-0.2, 0) is 14.3 Å². The second-order valence-electron chi connectivity index (χ2n) is 3.75. The molecular formula is C9H12O3. The summed E-state index contributed by atoms with van der Waals surface area (Å²) in [6.07, 6.45) is 4.99. The average Bonchev–Trinajstić information content (AvgIpc) is 2.37. The highest BCUT2D eigenvalue weighted by Crippen LogP contribution is 2.40. The number of esters is 1. The molecule has 1 saturated heterocycles. The number of cyclic esters (lactones) is 1. The van der Waals surface area contributed by atoms with Crippen LogP contribution in [-0.4, -0.2) is 18.4 Å². The van der Waals surface area contributed by atoms with Crippen molar-refractivity contribution in [2.24, 2.45) is 5.41 Å². The molecule has 1 saturated carbocycles. The van der Waals surface area contributed by atoms with E-state index in [0.717, 1.165) is 25.7 Å². The van der Waals surface area contributed by atoms with Crippen molar-refractivity contribution in [2.75, 3.05) is 6.61 Å². The lowest BCUT2D eigenvalue weighted by Gasteiger charge is -2.27. The fraction of sp³-hybridized carbons (Fsp3) is 0.778. The highest BCUT2D eigenvalue weighted by Gasteiger charge is 2.49. The van der Waals surface area contributed by atoms with Crippen molar-refractivity contribution < 1.29 is 14.3 Å². The summed E-state index contributed by atoms with van der Waals surface area (Å²) in [5, 5.41) is 0. The molecular weight excluding hydrogens is 156 g/mol. The zero-order valence-electron chi connectivity index (χ0n) is 6.97. The first kappa shape index (κ1) is 7.77. The van der Waals surface area contributed by atoms with E-state index in [0.29, 0.717) is 6.61 Å². The summed E-state index contributed by atoms with van der Waals surface area (Å²) in [4.78, 5) is 22.3. The molecule has 1 aliphatic carbocycles. The van der Waals surface area contributed by atoms with Crippen LogP contribution in [0.5, 0.6) is 0 Å². The smallest absolute Gasteiger partial charge is 0.375 e. The molecule has 0 N–H and O–H groups in total. The highest BCUT2D eigenvalue weighted by atomic mass is 16.5. The number of carbonyl (C=O) groups excluding carboxylic acids is 2. The molecule has 3 nitrogen and oxygen atoms in total. The van der Waals surface area contributed by atoms with Gasteiger partial charge in [-0.2, -0.15) is 0 Å². The Balaban J connectivity index is 2.19. The zero-order valence-corrected chi connectivity index (χ0v) is 6.97. The lowest BCUT2D eigenvalue weighted by molar-refractivity contribution is -0.147. The third-order valence-corrected chi connectivity index (χ3v) is 2.96. The number of Topliss-reactive ketones (excluding diaryl/α,β-unsaturated/α-hetero) is 1. The van der Waals surface area contributed by atoms with Gasteiger partial charge in [0.05, 0.1) is 5.41 Å². The van der Waals surface area contributed by atoms with Crippen molar-refractivity contribution >= 4 is 11.8 Å². The van der Waals surface area contributed by atoms with Crippen LogP contribution in [0, 0.1) is 5.41 Å². The van der Waals surface area contributed by atoms with Crippen LogP contribution in [0.1, 0.15) is 32.1 Å². The molecule has 0 bridgehead atoms. The first-order chi connectivity index (χ1) is 5.75. The number of hydrogen-bond acceptors (Lipinski definition) is 3. The first-order valence-corrected chi connectivity index (χ1v) is 4.46. The SMILES string of the molecule is O=C1OCC2(CCCCC2)C1=O. The minimum absolute atomic E-state index is 0.276. The van der Waals surface area contributed by atoms with E-state index in [-0.39, 0.29) is 5.78 Å². The Morgan fingerprint density at radius 1 is 1.08 bits per heavy atom. The van der Waals surface area contributed by atoms with Crippen molar-refractivity contribution in [1.29, 1.82) is 0 Å². The maximum Gasteiger partial charge on any atom is 0.375 e. The molecule has 0 aromatic rings. The lowest BCUT2D eigenvalue weighted by atomic mass is 9.73. The van der Waals surface area contributed by atoms with E-state index < -0.39 is 11.4 Å². The maximum absolute atomic E-state index is 11.4. The van der Waals surface area contributed by atoms with Gasteiger partial charge < -0.3 is 4.74 Å². The molecule has 0 atom stereocenters. The number of rotatable bonds is 0. The fourth-order valence-electron chi connectivity index (χ4n) is 2.15. The molecule has 1 heterocycles. The molecule has 3 heteroatoms. The van der Waals surface area contributed by atoms with E-state index in [1.54, 1.807) is 0 Å². The van der Waals surface area contributed by atoms with Crippen LogP contribution < -0.4 is 0 Å². The van der Waals surface area contributed by atoms with Crippen molar-refractivity contribution in [3.05, 3.63) is 0 Å². The average molecular weight is 168 g/mol. The largest absolute Gasteiger partial charge is 0.459 e. The summed E-state index contributed by atoms with van der Waals surface area (Å²) in [5.74, 6) is -0.890. The van der Waals surface area contributed by atoms with E-state index in [4.69, 9.17) is 4.74 Å². The predicted octanol–water partition coefficient (Wildman–Crippen LogP) is 1.06. The van der Waals surface area contributed by atoms with Gasteiger partial charge in [0.25, 0.3) is 0 Å². The van der Waals surface area contributed by atoms with Gasteiger partial charge in [0.15, 0.2) is 0 Å². The van der Waals surface area contributed by atoms with Gasteiger partial charge in [0.1, 0.15) is 6.61 Å². The summed E-state index contributed by atoms with van der Waals surface area (Å²) < 4.78 is 4.77. The fourth-order valence-corrected chi connectivity index (χ4v) is 2.15. The minimum atomic E-state index is -0.614. The normalized spacial score (nSPS) is 27.7. The molecule has 2 fully saturated rings. The van der Waals surface area contributed by atoms with E-state index in [1.807, 2.05) is 0 Å². The molecule has 0 unspecified atom stereocenters. The van der Waals surface area contributed by atoms with Gasteiger partial charge in [-0.25, -0.2) is 4.79 Å². The topological polar surface area (TPSA) is 43.4 Å². The van der Waals surface area contributed by atoms with E-state index >= 15 is 0 Å². The molecule has 1 spiro atoms. The number of ether oxygens (including phenoxy) is 1. The Labute approximate surface area is 71.1 Å². The summed E-state index contributed by atoms with van der Waals surface area (Å²) in [7, 11) is 0. The Morgan fingerprint density at radius 3 is 2.25 bits per heavy atom. The van der Waals surface area contributed by atoms with Gasteiger partial charge in [-0.05, 0) is 12.8 Å². The highest BCUT2D eigenvalue weighted by molar-refractivity contribution is 6.37. The molecule has 66 valence electrons. The Kier molecular flexibility index (Phi) is 1.67. The monoisotopic (exact) mass is 168 g/mol. The molecule has 12 heavy (non-hydrogen) atoms. The van der Waals surface area contributed by atoms with Crippen LogP contribution in [0.25, 0.3) is 0 Å². The zero-order chi connectivity index (χ0) is 8.60. The van der Waals surface area contributed by atoms with Crippen molar-refractivity contribution in [2.45, 2.75) is 32.1 Å². The van der Waals surface area contributed by atoms with E-state index in [1.165, 1.54) is 6.42 Å². The van der Waals surface area contributed by atoms with Crippen molar-refractivity contribution in [1.82, 2.24) is 0 Å². The molecule has 0 radical (unpaired) electrons. The molecule has 0 aromatic carbocycles. The Morgan fingerprint density at radius 2 is 1.75 bits per heavy atom. The first-order valence-electron chi connectivity index (χ1n) is 4.46. The van der Waals surface area contributed by atoms with Crippen molar-refractivity contribution in [3.63, 3.8) is 0 Å². The summed E-state index contributed by atoms with van der Waals surface area (Å²) in [6.45, 7) is 0.338. The van der Waals surface area contributed by atoms with Crippen LogP contribution >= 0.6 is 0 Å². The van der Waals surface area contributed by atoms with Crippen molar-refractivity contribution in [3.8, 4) is 0 Å². The predicted molar refractivity (Wildman–Crippen MR) is 41.5 cm³/mol. The van der Waals surface area contributed by atoms with Crippen LogP contribution in [0.3, 0.4) is 0 Å². The number of ketones is 1. The van der Waals surface area contributed by atoms with Gasteiger partial charge in [-0.3, -0.25) is 4.79 Å². The van der Waals surface area contributed by atoms with Crippen LogP contribution in [0.2, 0.25) is 0 Å². The number of carbonyl (C=O) groups is 2. The second kappa shape index (κ2) is 2.57. The third-order valence-electron chi connectivity index (χ3n) is 2.96. The number of hydrogen-bond donors (Lipinski definition) is 0. The summed E-state index contributed by atoms with van der Waals surface area (Å²) in [6, 6.07) is 0. The molecule has 2 rings (SSSR count). The molecule has 0 amide bonds. The second-order valence-corrected chi connectivity index (χ2v) is 3.75. The van der Waals surface area contributed by atoms with Gasteiger partial charge in [0, 0.05) is 0 Å². The Hall–Kier alpha value is -0.860. The van der Waals surface area contributed by atoms with Crippen LogP contribution in [0.4, 0.5) is 0 Å². The summed E-state index contributed by atoms with van der Waals surface area (Å²) in [5.41, 5.74) is -0.407. The molecule has 2 aliphatic rings. The van der Waals surface area contributed by atoms with Gasteiger partial charge in [-0.15, -0.1) is 0 Å². The standard InChI is InChI=1S/C9H12O3/c10-7-8(11)12-6-9(7)4-2-1-3-5-9/h1-6H2. The summed E-state index contributed by atoms with van der Waals surface area (Å²) >= 11 is 0. The van der Waals surface area contributed by atoms with Crippen LogP contribution in [0.15, 0.2) is 0 Å². The minimum Gasteiger partial charge on any atom is -0.459 e. The van der Waals surface area contributed by atoms with Gasteiger partial charge in [0.2, 0.25) is 5.78 Å². The maximum atomic E-state index is 11.4. The lowest BCUT2D eigenvalue weighted by Crippen LogP contribution is -2.33. The van der Waals surface area contributed by atoms with E-state index in [2.05, 4.69) is 0 Å². The Bertz CT molecular complexity index is 226. The third kappa shape index (κ3) is 0.958.